The lowest BCUT2D eigenvalue weighted by Crippen LogP contribution is -1.85. The van der Waals surface area contributed by atoms with E-state index in [1.54, 1.807) is 7.11 Å². The van der Waals surface area contributed by atoms with Crippen LogP contribution < -0.4 is 4.74 Å². The molecule has 0 N–H and O–H groups in total. The smallest absolute Gasteiger partial charge is 0.249 e. The number of hydrogen-bond acceptors (Lipinski definition) is 4. The minimum Gasteiger partial charge on any atom is -0.497 e. The molecule has 0 amide bonds. The molecule has 1 heterocycles. The van der Waals surface area contributed by atoms with Crippen LogP contribution in [0.25, 0.3) is 11.5 Å². The normalized spacial score (nSPS) is 10.4. The van der Waals surface area contributed by atoms with E-state index in [4.69, 9.17) is 9.15 Å². The molecule has 1 aromatic carbocycles. The van der Waals surface area contributed by atoms with Crippen molar-refractivity contribution in [1.29, 1.82) is 0 Å². The van der Waals surface area contributed by atoms with Gasteiger partial charge in [-0.25, -0.2) is 0 Å². The van der Waals surface area contributed by atoms with E-state index in [-0.39, 0.29) is 0 Å². The van der Waals surface area contributed by atoms with Crippen LogP contribution in [-0.2, 0) is 6.42 Å². The molecule has 0 atom stereocenters. The highest BCUT2D eigenvalue weighted by atomic mass is 79.9. The molecule has 0 radical (unpaired) electrons. The average molecular weight is 283 g/mol. The van der Waals surface area contributed by atoms with Gasteiger partial charge in [-0.3, -0.25) is 0 Å². The fourth-order valence-corrected chi connectivity index (χ4v) is 1.72. The van der Waals surface area contributed by atoms with Crippen molar-refractivity contribution in [2.45, 2.75) is 13.3 Å². The fraction of sp³-hybridized carbons (Fsp3) is 0.273. The van der Waals surface area contributed by atoms with E-state index in [0.29, 0.717) is 11.8 Å². The van der Waals surface area contributed by atoms with Gasteiger partial charge >= 0.3 is 0 Å². The monoisotopic (exact) mass is 282 g/mol. The highest BCUT2D eigenvalue weighted by Crippen LogP contribution is 2.30. The van der Waals surface area contributed by atoms with Gasteiger partial charge in [-0.15, -0.1) is 10.2 Å². The Morgan fingerprint density at radius 2 is 2.19 bits per heavy atom. The van der Waals surface area contributed by atoms with E-state index in [1.807, 2.05) is 25.1 Å². The van der Waals surface area contributed by atoms with Crippen LogP contribution in [-0.4, -0.2) is 17.3 Å². The molecule has 0 bridgehead atoms. The van der Waals surface area contributed by atoms with Gasteiger partial charge in [-0.1, -0.05) is 6.92 Å². The molecule has 1 aromatic heterocycles. The summed E-state index contributed by atoms with van der Waals surface area (Å²) in [5.41, 5.74) is 0.839. The lowest BCUT2D eigenvalue weighted by molar-refractivity contribution is 0.414. The van der Waals surface area contributed by atoms with Crippen LogP contribution in [0.2, 0.25) is 0 Å². The van der Waals surface area contributed by atoms with Crippen LogP contribution in [0.4, 0.5) is 0 Å². The van der Waals surface area contributed by atoms with Crippen LogP contribution >= 0.6 is 15.9 Å². The first kappa shape index (κ1) is 11.1. The second kappa shape index (κ2) is 4.65. The van der Waals surface area contributed by atoms with Crippen molar-refractivity contribution in [2.75, 3.05) is 7.11 Å². The minimum atomic E-state index is 0.502. The summed E-state index contributed by atoms with van der Waals surface area (Å²) >= 11 is 3.44. The summed E-state index contributed by atoms with van der Waals surface area (Å²) in [4.78, 5) is 0. The summed E-state index contributed by atoms with van der Waals surface area (Å²) in [5.74, 6) is 1.89. The van der Waals surface area contributed by atoms with E-state index >= 15 is 0 Å². The Balaban J connectivity index is 2.45. The van der Waals surface area contributed by atoms with Gasteiger partial charge in [0, 0.05) is 10.9 Å². The molecule has 5 heteroatoms. The molecule has 0 fully saturated rings. The van der Waals surface area contributed by atoms with Crippen LogP contribution in [0.3, 0.4) is 0 Å². The summed E-state index contributed by atoms with van der Waals surface area (Å²) in [7, 11) is 1.62. The van der Waals surface area contributed by atoms with Gasteiger partial charge in [-0.2, -0.15) is 0 Å². The number of methoxy groups -OCH3 is 1. The van der Waals surface area contributed by atoms with Crippen molar-refractivity contribution in [1.82, 2.24) is 10.2 Å². The van der Waals surface area contributed by atoms with Gasteiger partial charge in [0.15, 0.2) is 0 Å². The topological polar surface area (TPSA) is 48.2 Å². The Labute approximate surface area is 102 Å². The van der Waals surface area contributed by atoms with E-state index in [2.05, 4.69) is 26.1 Å². The van der Waals surface area contributed by atoms with Gasteiger partial charge in [0.05, 0.1) is 12.7 Å². The predicted octanol–water partition coefficient (Wildman–Crippen LogP) is 3.07. The molecule has 84 valence electrons. The zero-order valence-electron chi connectivity index (χ0n) is 9.03. The predicted molar refractivity (Wildman–Crippen MR) is 63.4 cm³/mol. The van der Waals surface area contributed by atoms with E-state index in [1.165, 1.54) is 0 Å². The molecule has 2 aromatic rings. The van der Waals surface area contributed by atoms with Crippen molar-refractivity contribution < 1.29 is 9.15 Å². The third-order valence-corrected chi connectivity index (χ3v) is 2.86. The molecule has 0 unspecified atom stereocenters. The van der Waals surface area contributed by atoms with Gasteiger partial charge < -0.3 is 9.15 Å². The first-order valence-corrected chi connectivity index (χ1v) is 5.70. The summed E-state index contributed by atoms with van der Waals surface area (Å²) in [6, 6.07) is 5.62. The third kappa shape index (κ3) is 2.09. The molecular formula is C11H11BrN2O2. The van der Waals surface area contributed by atoms with Crippen molar-refractivity contribution in [2.24, 2.45) is 0 Å². The van der Waals surface area contributed by atoms with Gasteiger partial charge in [-0.05, 0) is 34.1 Å². The summed E-state index contributed by atoms with van der Waals surface area (Å²) in [6.07, 6.45) is 0.731. The first-order valence-electron chi connectivity index (χ1n) is 4.91. The van der Waals surface area contributed by atoms with Gasteiger partial charge in [0.2, 0.25) is 11.8 Å². The maximum Gasteiger partial charge on any atom is 0.249 e. The Kier molecular flexibility index (Phi) is 3.24. The molecule has 2 rings (SSSR count). The molecule has 0 spiro atoms. The molecule has 4 nitrogen and oxygen atoms in total. The van der Waals surface area contributed by atoms with Crippen molar-refractivity contribution in [3.05, 3.63) is 28.6 Å². The number of hydrogen-bond donors (Lipinski definition) is 0. The van der Waals surface area contributed by atoms with Crippen LogP contribution in [0, 0.1) is 0 Å². The third-order valence-electron chi connectivity index (χ3n) is 2.17. The average Bonchev–Trinajstić information content (AvgIpc) is 2.78. The zero-order valence-corrected chi connectivity index (χ0v) is 10.6. The Morgan fingerprint density at radius 3 is 2.81 bits per heavy atom. The highest BCUT2D eigenvalue weighted by Gasteiger charge is 2.11. The minimum absolute atomic E-state index is 0.502. The number of halogens is 1. The lowest BCUT2D eigenvalue weighted by atomic mass is 10.2. The Bertz CT molecular complexity index is 496. The Morgan fingerprint density at radius 1 is 1.38 bits per heavy atom. The van der Waals surface area contributed by atoms with E-state index in [9.17, 15) is 0 Å². The number of rotatable bonds is 3. The quantitative estimate of drug-likeness (QED) is 0.868. The van der Waals surface area contributed by atoms with Crippen molar-refractivity contribution >= 4 is 15.9 Å². The second-order valence-electron chi connectivity index (χ2n) is 3.20. The molecule has 16 heavy (non-hydrogen) atoms. The van der Waals surface area contributed by atoms with E-state index in [0.717, 1.165) is 22.2 Å². The number of benzene rings is 1. The number of ether oxygens (including phenoxy) is 1. The molecule has 0 saturated carbocycles. The number of aromatic nitrogens is 2. The maximum absolute atomic E-state index is 5.49. The Hall–Kier alpha value is -1.36. The SMILES string of the molecule is CCc1nnc(-c2cc(OC)ccc2Br)o1. The van der Waals surface area contributed by atoms with Crippen molar-refractivity contribution in [3.63, 3.8) is 0 Å². The summed E-state index contributed by atoms with van der Waals surface area (Å²) in [5, 5.41) is 7.92. The molecule has 0 aliphatic rings. The summed E-state index contributed by atoms with van der Waals surface area (Å²) < 4.78 is 11.5. The number of aryl methyl sites for hydroxylation is 1. The van der Waals surface area contributed by atoms with Crippen molar-refractivity contribution in [3.8, 4) is 17.2 Å². The van der Waals surface area contributed by atoms with Crippen LogP contribution in [0.1, 0.15) is 12.8 Å². The highest BCUT2D eigenvalue weighted by molar-refractivity contribution is 9.10. The number of nitrogens with zero attached hydrogens (tertiary/aromatic N) is 2. The molecule has 0 aliphatic heterocycles. The second-order valence-corrected chi connectivity index (χ2v) is 4.05. The molecule has 0 aliphatic carbocycles. The largest absolute Gasteiger partial charge is 0.497 e. The van der Waals surface area contributed by atoms with Gasteiger partial charge in [0.25, 0.3) is 0 Å². The molecule has 0 saturated heterocycles. The zero-order chi connectivity index (χ0) is 11.5. The van der Waals surface area contributed by atoms with Gasteiger partial charge in [0.1, 0.15) is 5.75 Å². The lowest BCUT2D eigenvalue weighted by Gasteiger charge is -2.03. The first-order chi connectivity index (χ1) is 7.74. The van der Waals surface area contributed by atoms with Crippen LogP contribution in [0.15, 0.2) is 27.1 Å². The maximum atomic E-state index is 5.49. The standard InChI is InChI=1S/C11H11BrN2O2/c1-3-10-13-14-11(16-10)8-6-7(15-2)4-5-9(8)12/h4-6H,3H2,1-2H3. The summed E-state index contributed by atoms with van der Waals surface area (Å²) in [6.45, 7) is 1.97. The van der Waals surface area contributed by atoms with E-state index < -0.39 is 0 Å². The fourth-order valence-electron chi connectivity index (χ4n) is 1.30. The van der Waals surface area contributed by atoms with Crippen LogP contribution in [0.5, 0.6) is 5.75 Å². The molecular weight excluding hydrogens is 272 g/mol.